The van der Waals surface area contributed by atoms with E-state index in [1.54, 1.807) is 24.4 Å². The third-order valence-electron chi connectivity index (χ3n) is 3.33. The van der Waals surface area contributed by atoms with Gasteiger partial charge in [-0.1, -0.05) is 11.6 Å². The van der Waals surface area contributed by atoms with Gasteiger partial charge in [-0.3, -0.25) is 14.5 Å². The Morgan fingerprint density at radius 2 is 2.09 bits per heavy atom. The fraction of sp³-hybridized carbons (Fsp3) is 0.133. The average Bonchev–Trinajstić information content (AvgIpc) is 2.75. The van der Waals surface area contributed by atoms with E-state index < -0.39 is 11.8 Å². The number of nitrogens with zero attached hydrogens (tertiary/aromatic N) is 2. The lowest BCUT2D eigenvalue weighted by Gasteiger charge is -2.13. The molecule has 2 heterocycles. The van der Waals surface area contributed by atoms with Gasteiger partial charge in [-0.05, 0) is 29.7 Å². The average molecular weight is 318 g/mol. The van der Waals surface area contributed by atoms with E-state index in [-0.39, 0.29) is 18.8 Å². The maximum Gasteiger partial charge on any atom is 0.277 e. The predicted octanol–water partition coefficient (Wildman–Crippen LogP) is 1.55. The number of hydrogen-bond acceptors (Lipinski definition) is 5. The van der Waals surface area contributed by atoms with Crippen LogP contribution >= 0.6 is 11.6 Å². The van der Waals surface area contributed by atoms with Crippen LogP contribution in [-0.4, -0.2) is 40.0 Å². The van der Waals surface area contributed by atoms with Gasteiger partial charge in [0.15, 0.2) is 0 Å². The molecular weight excluding hydrogens is 306 g/mol. The van der Waals surface area contributed by atoms with Crippen LogP contribution in [0, 0.1) is 0 Å². The zero-order chi connectivity index (χ0) is 15.7. The van der Waals surface area contributed by atoms with Gasteiger partial charge in [-0.15, -0.1) is 0 Å². The zero-order valence-electron chi connectivity index (χ0n) is 11.4. The Balaban J connectivity index is 1.86. The van der Waals surface area contributed by atoms with E-state index in [4.69, 9.17) is 16.7 Å². The number of imide groups is 1. The third kappa shape index (κ3) is 2.54. The van der Waals surface area contributed by atoms with E-state index in [1.165, 1.54) is 6.08 Å². The third-order valence-corrected chi connectivity index (χ3v) is 3.63. The zero-order valence-corrected chi connectivity index (χ0v) is 12.2. The van der Waals surface area contributed by atoms with Crippen molar-refractivity contribution in [2.75, 3.05) is 18.5 Å². The molecule has 0 bridgehead atoms. The highest BCUT2D eigenvalue weighted by molar-refractivity contribution is 6.34. The molecule has 0 radical (unpaired) electrons. The van der Waals surface area contributed by atoms with E-state index in [2.05, 4.69) is 10.3 Å². The van der Waals surface area contributed by atoms with Crippen LogP contribution in [-0.2, 0) is 9.59 Å². The number of aliphatic hydroxyl groups excluding tert-OH is 1. The minimum Gasteiger partial charge on any atom is -0.395 e. The number of rotatable bonds is 4. The number of benzene rings is 1. The highest BCUT2D eigenvalue weighted by Crippen LogP contribution is 2.25. The Morgan fingerprint density at radius 1 is 1.27 bits per heavy atom. The summed E-state index contributed by atoms with van der Waals surface area (Å²) >= 11 is 6.00. The summed E-state index contributed by atoms with van der Waals surface area (Å²) in [5, 5.41) is 13.9. The van der Waals surface area contributed by atoms with Crippen LogP contribution in [0.5, 0.6) is 0 Å². The van der Waals surface area contributed by atoms with Crippen LogP contribution in [0.3, 0.4) is 0 Å². The number of hydrogen-bond donors (Lipinski definition) is 2. The standard InChI is InChI=1S/C15H12ClN3O3/c16-14-11-2-1-10(7-9(11)3-4-17-14)18-12-8-13(21)19(5-6-20)15(12)22/h1-4,7-8,18,20H,5-6H2. The van der Waals surface area contributed by atoms with Crippen molar-refractivity contribution >= 4 is 39.9 Å². The molecule has 0 saturated carbocycles. The molecule has 3 rings (SSSR count). The van der Waals surface area contributed by atoms with Gasteiger partial charge in [0.05, 0.1) is 13.2 Å². The molecule has 2 aromatic rings. The summed E-state index contributed by atoms with van der Waals surface area (Å²) in [6.07, 6.45) is 2.82. The maximum absolute atomic E-state index is 12.1. The lowest BCUT2D eigenvalue weighted by atomic mass is 10.1. The molecular formula is C15H12ClN3O3. The number of carbonyl (C=O) groups excluding carboxylic acids is 2. The van der Waals surface area contributed by atoms with Crippen molar-refractivity contribution in [3.8, 4) is 0 Å². The Morgan fingerprint density at radius 3 is 2.86 bits per heavy atom. The summed E-state index contributed by atoms with van der Waals surface area (Å²) in [5.41, 5.74) is 0.839. The van der Waals surface area contributed by atoms with Crippen molar-refractivity contribution in [2.45, 2.75) is 0 Å². The minimum absolute atomic E-state index is 0.0155. The van der Waals surface area contributed by atoms with Gasteiger partial charge in [-0.25, -0.2) is 4.98 Å². The lowest BCUT2D eigenvalue weighted by Crippen LogP contribution is -2.34. The summed E-state index contributed by atoms with van der Waals surface area (Å²) in [6.45, 7) is -0.279. The van der Waals surface area contributed by atoms with Gasteiger partial charge in [0.1, 0.15) is 10.9 Å². The van der Waals surface area contributed by atoms with Crippen LogP contribution in [0.25, 0.3) is 10.8 Å². The van der Waals surface area contributed by atoms with E-state index in [0.717, 1.165) is 15.7 Å². The highest BCUT2D eigenvalue weighted by atomic mass is 35.5. The smallest absolute Gasteiger partial charge is 0.277 e. The molecule has 1 aliphatic heterocycles. The number of aromatic nitrogens is 1. The molecule has 6 nitrogen and oxygen atoms in total. The number of fused-ring (bicyclic) bond motifs is 1. The first-order valence-corrected chi connectivity index (χ1v) is 6.97. The monoisotopic (exact) mass is 317 g/mol. The SMILES string of the molecule is O=C1C=C(Nc2ccc3c(Cl)nccc3c2)C(=O)N1CCO. The Hall–Kier alpha value is -2.44. The van der Waals surface area contributed by atoms with Crippen LogP contribution in [0.2, 0.25) is 5.15 Å². The molecule has 2 N–H and O–H groups in total. The molecule has 0 fully saturated rings. The summed E-state index contributed by atoms with van der Waals surface area (Å²) in [5.74, 6) is -0.888. The van der Waals surface area contributed by atoms with Crippen molar-refractivity contribution < 1.29 is 14.7 Å². The normalized spacial score (nSPS) is 14.6. The van der Waals surface area contributed by atoms with Crippen molar-refractivity contribution in [1.82, 2.24) is 9.88 Å². The van der Waals surface area contributed by atoms with Crippen LogP contribution in [0.15, 0.2) is 42.2 Å². The maximum atomic E-state index is 12.1. The van der Waals surface area contributed by atoms with Gasteiger partial charge in [0.2, 0.25) is 0 Å². The second-order valence-corrected chi connectivity index (χ2v) is 5.10. The molecule has 1 aromatic carbocycles. The van der Waals surface area contributed by atoms with Gasteiger partial charge in [0, 0.05) is 23.3 Å². The molecule has 0 atom stereocenters. The number of nitrogens with one attached hydrogen (secondary N) is 1. The molecule has 22 heavy (non-hydrogen) atoms. The van der Waals surface area contributed by atoms with Crippen molar-refractivity contribution in [1.29, 1.82) is 0 Å². The number of aliphatic hydroxyl groups is 1. The molecule has 7 heteroatoms. The van der Waals surface area contributed by atoms with Crippen molar-refractivity contribution in [2.24, 2.45) is 0 Å². The number of pyridine rings is 1. The largest absolute Gasteiger partial charge is 0.395 e. The summed E-state index contributed by atoms with van der Waals surface area (Å²) < 4.78 is 0. The van der Waals surface area contributed by atoms with Crippen LogP contribution in [0.1, 0.15) is 0 Å². The first-order chi connectivity index (χ1) is 10.6. The van der Waals surface area contributed by atoms with Crippen molar-refractivity contribution in [3.05, 3.63) is 47.4 Å². The molecule has 1 aliphatic rings. The van der Waals surface area contributed by atoms with E-state index in [9.17, 15) is 9.59 Å². The second-order valence-electron chi connectivity index (χ2n) is 4.74. The quantitative estimate of drug-likeness (QED) is 0.660. The first kappa shape index (κ1) is 14.5. The molecule has 1 aromatic heterocycles. The fourth-order valence-electron chi connectivity index (χ4n) is 2.28. The van der Waals surface area contributed by atoms with E-state index >= 15 is 0 Å². The molecule has 0 saturated heterocycles. The topological polar surface area (TPSA) is 82.5 Å². The van der Waals surface area contributed by atoms with Crippen molar-refractivity contribution in [3.63, 3.8) is 0 Å². The first-order valence-electron chi connectivity index (χ1n) is 6.60. The minimum atomic E-state index is -0.452. The molecule has 0 aliphatic carbocycles. The van der Waals surface area contributed by atoms with Crippen LogP contribution in [0.4, 0.5) is 5.69 Å². The van der Waals surface area contributed by atoms with E-state index in [0.29, 0.717) is 10.8 Å². The number of carbonyl (C=O) groups is 2. The molecule has 2 amide bonds. The molecule has 0 spiro atoms. The predicted molar refractivity (Wildman–Crippen MR) is 82.3 cm³/mol. The Kier molecular flexibility index (Phi) is 3.79. The number of anilines is 1. The summed E-state index contributed by atoms with van der Waals surface area (Å²) in [4.78, 5) is 28.7. The number of amides is 2. The van der Waals surface area contributed by atoms with Crippen LogP contribution < -0.4 is 5.32 Å². The van der Waals surface area contributed by atoms with Gasteiger partial charge in [-0.2, -0.15) is 0 Å². The Labute approximate surface area is 131 Å². The molecule has 112 valence electrons. The second kappa shape index (κ2) is 5.75. The lowest BCUT2D eigenvalue weighted by molar-refractivity contribution is -0.137. The number of halogens is 1. The summed E-state index contributed by atoms with van der Waals surface area (Å²) in [7, 11) is 0. The van der Waals surface area contributed by atoms with Gasteiger partial charge < -0.3 is 10.4 Å². The molecule has 0 unspecified atom stereocenters. The fourth-order valence-corrected chi connectivity index (χ4v) is 2.51. The summed E-state index contributed by atoms with van der Waals surface area (Å²) in [6, 6.07) is 7.17. The van der Waals surface area contributed by atoms with Gasteiger partial charge in [0.25, 0.3) is 11.8 Å². The Bertz CT molecular complexity index is 804. The highest BCUT2D eigenvalue weighted by Gasteiger charge is 2.30. The van der Waals surface area contributed by atoms with Gasteiger partial charge >= 0.3 is 0 Å². The number of β-amino-alcohol motifs (C(OH)–C–C–N with tert-alkyl or cyclic N) is 1. The van der Waals surface area contributed by atoms with E-state index in [1.807, 2.05) is 6.07 Å².